The first-order valence-electron chi connectivity index (χ1n) is 6.74. The van der Waals surface area contributed by atoms with Crippen LogP contribution in [0.15, 0.2) is 29.0 Å². The molecule has 5 heteroatoms. The van der Waals surface area contributed by atoms with Crippen molar-refractivity contribution >= 4 is 21.7 Å². The Labute approximate surface area is 127 Å². The maximum Gasteiger partial charge on any atom is 0.139 e. The van der Waals surface area contributed by atoms with Crippen molar-refractivity contribution < 1.29 is 4.79 Å². The Hall–Kier alpha value is -1.49. The number of ketones is 1. The monoisotopic (exact) mass is 335 g/mol. The van der Waals surface area contributed by atoms with Crippen LogP contribution in [0.5, 0.6) is 0 Å². The average molecular weight is 336 g/mol. The number of rotatable bonds is 6. The summed E-state index contributed by atoms with van der Waals surface area (Å²) in [7, 11) is 0. The van der Waals surface area contributed by atoms with Crippen molar-refractivity contribution in [1.82, 2.24) is 14.8 Å². The molecule has 0 amide bonds. The summed E-state index contributed by atoms with van der Waals surface area (Å²) >= 11 is 3.52. The molecule has 4 nitrogen and oxygen atoms in total. The van der Waals surface area contributed by atoms with E-state index < -0.39 is 0 Å². The van der Waals surface area contributed by atoms with Gasteiger partial charge in [0.1, 0.15) is 5.78 Å². The number of halogens is 1. The van der Waals surface area contributed by atoms with Gasteiger partial charge in [0.25, 0.3) is 0 Å². The van der Waals surface area contributed by atoms with Gasteiger partial charge in [0.05, 0.1) is 15.9 Å². The number of aromatic nitrogens is 3. The molecule has 2 heterocycles. The summed E-state index contributed by atoms with van der Waals surface area (Å²) < 4.78 is 2.85. The zero-order chi connectivity index (χ0) is 14.5. The Morgan fingerprint density at radius 1 is 1.35 bits per heavy atom. The van der Waals surface area contributed by atoms with Crippen LogP contribution in [0.4, 0.5) is 0 Å². The van der Waals surface area contributed by atoms with Gasteiger partial charge in [-0.25, -0.2) is 0 Å². The molecule has 0 unspecified atom stereocenters. The third-order valence-electron chi connectivity index (χ3n) is 3.26. The molecule has 0 radical (unpaired) electrons. The highest BCUT2D eigenvalue weighted by atomic mass is 79.9. The summed E-state index contributed by atoms with van der Waals surface area (Å²) in [5.74, 6) is 0.233. The minimum absolute atomic E-state index is 0.233. The first kappa shape index (κ1) is 14.9. The zero-order valence-corrected chi connectivity index (χ0v) is 13.4. The lowest BCUT2D eigenvalue weighted by Crippen LogP contribution is -2.10. The predicted molar refractivity (Wildman–Crippen MR) is 81.6 cm³/mol. The van der Waals surface area contributed by atoms with Gasteiger partial charge in [-0.2, -0.15) is 5.10 Å². The minimum Gasteiger partial charge on any atom is -0.299 e. The van der Waals surface area contributed by atoms with E-state index in [1.54, 1.807) is 12.4 Å². The first-order chi connectivity index (χ1) is 9.61. The van der Waals surface area contributed by atoms with Crippen LogP contribution >= 0.6 is 15.9 Å². The van der Waals surface area contributed by atoms with Gasteiger partial charge in [-0.1, -0.05) is 0 Å². The maximum atomic E-state index is 12.1. The molecular weight excluding hydrogens is 318 g/mol. The van der Waals surface area contributed by atoms with Crippen molar-refractivity contribution in [3.8, 4) is 0 Å². The topological polar surface area (TPSA) is 47.8 Å². The normalized spacial score (nSPS) is 10.8. The molecule has 0 N–H and O–H groups in total. The molecule has 106 valence electrons. The van der Waals surface area contributed by atoms with Crippen LogP contribution in [0.25, 0.3) is 0 Å². The summed E-state index contributed by atoms with van der Waals surface area (Å²) in [4.78, 5) is 16.1. The molecule has 0 bridgehead atoms. The fourth-order valence-electron chi connectivity index (χ4n) is 2.15. The number of hydrogen-bond donors (Lipinski definition) is 0. The Kier molecular flexibility index (Phi) is 5.06. The highest BCUT2D eigenvalue weighted by molar-refractivity contribution is 9.10. The van der Waals surface area contributed by atoms with Crippen molar-refractivity contribution in [2.24, 2.45) is 0 Å². The van der Waals surface area contributed by atoms with Crippen LogP contribution < -0.4 is 0 Å². The Bertz CT molecular complexity index is 593. The highest BCUT2D eigenvalue weighted by Crippen LogP contribution is 2.22. The lowest BCUT2D eigenvalue weighted by molar-refractivity contribution is -0.118. The standard InChI is InChI=1S/C15H18BrN3O/c1-3-19-14(15(16)11(2)18-19)10-13(20)5-4-12-6-8-17-9-7-12/h6-9H,3-5,10H2,1-2H3. The van der Waals surface area contributed by atoms with Crippen molar-refractivity contribution in [3.05, 3.63) is 46.0 Å². The minimum atomic E-state index is 0.233. The average Bonchev–Trinajstić information content (AvgIpc) is 2.74. The van der Waals surface area contributed by atoms with Crippen LogP contribution in [0.1, 0.15) is 30.3 Å². The van der Waals surface area contributed by atoms with E-state index in [-0.39, 0.29) is 5.78 Å². The fourth-order valence-corrected chi connectivity index (χ4v) is 2.57. The predicted octanol–water partition coefficient (Wildman–Crippen LogP) is 3.11. The highest BCUT2D eigenvalue weighted by Gasteiger charge is 2.15. The summed E-state index contributed by atoms with van der Waals surface area (Å²) in [6.07, 6.45) is 5.25. The quantitative estimate of drug-likeness (QED) is 0.814. The number of nitrogens with zero attached hydrogens (tertiary/aromatic N) is 3. The SMILES string of the molecule is CCn1nc(C)c(Br)c1CC(=O)CCc1ccncc1. The van der Waals surface area contributed by atoms with Crippen LogP contribution in [-0.4, -0.2) is 20.5 Å². The molecule has 0 aliphatic heterocycles. The van der Waals surface area contributed by atoms with E-state index in [1.165, 1.54) is 0 Å². The second kappa shape index (κ2) is 6.79. The van der Waals surface area contributed by atoms with E-state index in [0.29, 0.717) is 12.8 Å². The largest absolute Gasteiger partial charge is 0.299 e. The third kappa shape index (κ3) is 3.54. The van der Waals surface area contributed by atoms with Gasteiger partial charge >= 0.3 is 0 Å². The summed E-state index contributed by atoms with van der Waals surface area (Å²) in [5.41, 5.74) is 3.06. The Balaban J connectivity index is 1.98. The van der Waals surface area contributed by atoms with Gasteiger partial charge in [-0.3, -0.25) is 14.5 Å². The molecule has 2 rings (SSSR count). The molecule has 2 aromatic rings. The van der Waals surface area contributed by atoms with Gasteiger partial charge in [0, 0.05) is 31.8 Å². The van der Waals surface area contributed by atoms with Crippen molar-refractivity contribution in [1.29, 1.82) is 0 Å². The Morgan fingerprint density at radius 2 is 2.05 bits per heavy atom. The molecule has 2 aromatic heterocycles. The van der Waals surface area contributed by atoms with E-state index in [0.717, 1.165) is 34.4 Å². The van der Waals surface area contributed by atoms with E-state index in [4.69, 9.17) is 0 Å². The number of carbonyl (C=O) groups is 1. The number of hydrogen-bond acceptors (Lipinski definition) is 3. The number of carbonyl (C=O) groups excluding carboxylic acids is 1. The van der Waals surface area contributed by atoms with Crippen LogP contribution in [0, 0.1) is 6.92 Å². The summed E-state index contributed by atoms with van der Waals surface area (Å²) in [6, 6.07) is 3.90. The maximum absolute atomic E-state index is 12.1. The second-order valence-corrected chi connectivity index (χ2v) is 5.53. The molecule has 0 aromatic carbocycles. The van der Waals surface area contributed by atoms with Crippen molar-refractivity contribution in [3.63, 3.8) is 0 Å². The number of aryl methyl sites for hydroxylation is 3. The van der Waals surface area contributed by atoms with Crippen LogP contribution in [0.2, 0.25) is 0 Å². The molecule has 0 saturated carbocycles. The van der Waals surface area contributed by atoms with E-state index in [9.17, 15) is 4.79 Å². The van der Waals surface area contributed by atoms with E-state index >= 15 is 0 Å². The summed E-state index contributed by atoms with van der Waals surface area (Å²) in [6.45, 7) is 4.75. The van der Waals surface area contributed by atoms with Gasteiger partial charge in [-0.15, -0.1) is 0 Å². The van der Waals surface area contributed by atoms with Gasteiger partial charge < -0.3 is 0 Å². The fraction of sp³-hybridized carbons (Fsp3) is 0.400. The number of pyridine rings is 1. The lowest BCUT2D eigenvalue weighted by atomic mass is 10.1. The first-order valence-corrected chi connectivity index (χ1v) is 7.53. The summed E-state index contributed by atoms with van der Waals surface area (Å²) in [5, 5.41) is 4.41. The molecule has 0 aliphatic carbocycles. The smallest absolute Gasteiger partial charge is 0.139 e. The second-order valence-electron chi connectivity index (χ2n) is 4.73. The van der Waals surface area contributed by atoms with Crippen LogP contribution in [0.3, 0.4) is 0 Å². The van der Waals surface area contributed by atoms with Gasteiger partial charge in [0.15, 0.2) is 0 Å². The molecular formula is C15H18BrN3O. The molecule has 0 fully saturated rings. The number of Topliss-reactive ketones (excluding diaryl/α,β-unsaturated/α-hetero) is 1. The zero-order valence-electron chi connectivity index (χ0n) is 11.8. The van der Waals surface area contributed by atoms with E-state index in [2.05, 4.69) is 26.0 Å². The van der Waals surface area contributed by atoms with Gasteiger partial charge in [0.2, 0.25) is 0 Å². The third-order valence-corrected chi connectivity index (χ3v) is 4.29. The molecule has 0 atom stereocenters. The molecule has 0 spiro atoms. The Morgan fingerprint density at radius 3 is 2.70 bits per heavy atom. The van der Waals surface area contributed by atoms with Crippen molar-refractivity contribution in [2.45, 2.75) is 39.7 Å². The molecule has 20 heavy (non-hydrogen) atoms. The van der Waals surface area contributed by atoms with Gasteiger partial charge in [-0.05, 0) is 53.9 Å². The molecule has 0 saturated heterocycles. The lowest BCUT2D eigenvalue weighted by Gasteiger charge is -2.05. The van der Waals surface area contributed by atoms with E-state index in [1.807, 2.05) is 30.7 Å². The van der Waals surface area contributed by atoms with Crippen LogP contribution in [-0.2, 0) is 24.2 Å². The van der Waals surface area contributed by atoms with Crippen molar-refractivity contribution in [2.75, 3.05) is 0 Å². The molecule has 0 aliphatic rings.